The van der Waals surface area contributed by atoms with Gasteiger partial charge in [-0.15, -0.1) is 0 Å². The molecule has 1 aliphatic heterocycles. The molecule has 0 amide bonds. The second kappa shape index (κ2) is 6.99. The molecule has 8 heteroatoms. The fourth-order valence-electron chi connectivity index (χ4n) is 3.22. The molecule has 1 aromatic heterocycles. The van der Waals surface area contributed by atoms with Gasteiger partial charge in [0.25, 0.3) is 0 Å². The quantitative estimate of drug-likeness (QED) is 0.744. The molecule has 0 bridgehead atoms. The normalized spacial score (nSPS) is 15.4. The van der Waals surface area contributed by atoms with E-state index in [1.165, 1.54) is 0 Å². The summed E-state index contributed by atoms with van der Waals surface area (Å²) in [6, 6.07) is 13.5. The predicted octanol–water partition coefficient (Wildman–Crippen LogP) is 2.75. The van der Waals surface area contributed by atoms with Crippen LogP contribution in [0.25, 0.3) is 5.70 Å². The van der Waals surface area contributed by atoms with Crippen molar-refractivity contribution in [1.29, 1.82) is 0 Å². The maximum atomic E-state index is 5.66. The number of fused-ring (bicyclic) bond motifs is 1. The Hall–Kier alpha value is -3.55. The minimum Gasteiger partial charge on any atom is -0.493 e. The van der Waals surface area contributed by atoms with E-state index in [9.17, 15) is 0 Å². The van der Waals surface area contributed by atoms with Gasteiger partial charge in [0.2, 0.25) is 11.7 Å². The second-order valence-corrected chi connectivity index (χ2v) is 5.89. The highest BCUT2D eigenvalue weighted by Crippen LogP contribution is 2.44. The van der Waals surface area contributed by atoms with Gasteiger partial charge >= 0.3 is 0 Å². The molecule has 0 saturated heterocycles. The van der Waals surface area contributed by atoms with Gasteiger partial charge in [-0.3, -0.25) is 0 Å². The van der Waals surface area contributed by atoms with E-state index in [0.717, 1.165) is 16.8 Å². The molecule has 1 N–H and O–H groups in total. The van der Waals surface area contributed by atoms with Gasteiger partial charge in [-0.2, -0.15) is 4.68 Å². The molecular weight excluding hydrogens is 346 g/mol. The third-order valence-corrected chi connectivity index (χ3v) is 4.47. The first-order valence-corrected chi connectivity index (χ1v) is 8.37. The molecule has 0 fully saturated rings. The fraction of sp³-hybridized carbons (Fsp3) is 0.211. The molecule has 2 aromatic carbocycles. The second-order valence-electron chi connectivity index (χ2n) is 5.89. The molecule has 1 atom stereocenters. The van der Waals surface area contributed by atoms with Crippen LogP contribution in [0.4, 0.5) is 5.95 Å². The van der Waals surface area contributed by atoms with Crippen molar-refractivity contribution in [2.75, 3.05) is 26.6 Å². The van der Waals surface area contributed by atoms with Crippen molar-refractivity contribution in [1.82, 2.24) is 20.2 Å². The summed E-state index contributed by atoms with van der Waals surface area (Å²) in [5.41, 5.74) is 2.81. The lowest BCUT2D eigenvalue weighted by Crippen LogP contribution is -2.21. The molecule has 0 radical (unpaired) electrons. The lowest BCUT2D eigenvalue weighted by Gasteiger charge is -2.25. The molecule has 2 heterocycles. The van der Waals surface area contributed by atoms with Crippen LogP contribution < -0.4 is 19.5 Å². The average Bonchev–Trinajstić information content (AvgIpc) is 3.21. The Kier molecular flexibility index (Phi) is 4.37. The highest BCUT2D eigenvalue weighted by Gasteiger charge is 2.29. The number of ether oxygens (including phenoxy) is 3. The Labute approximate surface area is 156 Å². The van der Waals surface area contributed by atoms with Crippen molar-refractivity contribution in [3.8, 4) is 17.2 Å². The van der Waals surface area contributed by atoms with E-state index in [-0.39, 0.29) is 6.04 Å². The minimum atomic E-state index is -0.277. The van der Waals surface area contributed by atoms with Gasteiger partial charge in [-0.25, -0.2) is 0 Å². The van der Waals surface area contributed by atoms with Crippen molar-refractivity contribution in [3.63, 3.8) is 0 Å². The van der Waals surface area contributed by atoms with Crippen LogP contribution in [-0.4, -0.2) is 41.5 Å². The van der Waals surface area contributed by atoms with E-state index in [0.29, 0.717) is 23.2 Å². The lowest BCUT2D eigenvalue weighted by atomic mass is 10.00. The van der Waals surface area contributed by atoms with Gasteiger partial charge in [0, 0.05) is 11.3 Å². The topological polar surface area (TPSA) is 83.3 Å². The summed E-state index contributed by atoms with van der Waals surface area (Å²) in [4.78, 5) is 0. The van der Waals surface area contributed by atoms with Crippen molar-refractivity contribution < 1.29 is 14.2 Å². The molecule has 8 nitrogen and oxygen atoms in total. The van der Waals surface area contributed by atoms with Gasteiger partial charge < -0.3 is 19.5 Å². The molecule has 1 aliphatic rings. The Morgan fingerprint density at radius 2 is 1.70 bits per heavy atom. The minimum absolute atomic E-state index is 0.277. The number of aromatic nitrogens is 4. The van der Waals surface area contributed by atoms with Crippen molar-refractivity contribution in [2.45, 2.75) is 6.04 Å². The van der Waals surface area contributed by atoms with Crippen LogP contribution in [0, 0.1) is 0 Å². The number of anilines is 1. The molecule has 138 valence electrons. The van der Waals surface area contributed by atoms with Crippen molar-refractivity contribution in [2.24, 2.45) is 0 Å². The molecule has 3 aromatic rings. The van der Waals surface area contributed by atoms with E-state index in [2.05, 4.69) is 26.9 Å². The molecule has 0 spiro atoms. The van der Waals surface area contributed by atoms with Crippen molar-refractivity contribution in [3.05, 3.63) is 59.7 Å². The first-order chi connectivity index (χ1) is 13.3. The van der Waals surface area contributed by atoms with Crippen molar-refractivity contribution >= 4 is 11.6 Å². The van der Waals surface area contributed by atoms with E-state index >= 15 is 0 Å². The predicted molar refractivity (Wildman–Crippen MR) is 100 cm³/mol. The number of tetrazole rings is 1. The number of rotatable bonds is 5. The Bertz CT molecular complexity index is 984. The summed E-state index contributed by atoms with van der Waals surface area (Å²) in [5.74, 6) is 2.25. The van der Waals surface area contributed by atoms with Gasteiger partial charge in [0.05, 0.1) is 21.3 Å². The largest absolute Gasteiger partial charge is 0.493 e. The monoisotopic (exact) mass is 365 g/mol. The summed E-state index contributed by atoms with van der Waals surface area (Å²) < 4.78 is 18.3. The number of methoxy groups -OCH3 is 3. The summed E-state index contributed by atoms with van der Waals surface area (Å²) in [6.07, 6.45) is 2.06. The summed E-state index contributed by atoms with van der Waals surface area (Å²) in [5, 5.41) is 15.3. The Morgan fingerprint density at radius 3 is 2.41 bits per heavy atom. The van der Waals surface area contributed by atoms with Crippen LogP contribution in [0.1, 0.15) is 17.2 Å². The molecular formula is C19H19N5O3. The molecule has 4 rings (SSSR count). The van der Waals surface area contributed by atoms with Gasteiger partial charge in [0.15, 0.2) is 11.5 Å². The zero-order valence-corrected chi connectivity index (χ0v) is 15.2. The van der Waals surface area contributed by atoms with E-state index in [1.54, 1.807) is 26.0 Å². The summed E-state index contributed by atoms with van der Waals surface area (Å²) in [7, 11) is 4.78. The number of allylic oxidation sites excluding steroid dienone is 1. The number of nitrogens with one attached hydrogen (secondary N) is 1. The number of nitrogens with zero attached hydrogens (tertiary/aromatic N) is 4. The third-order valence-electron chi connectivity index (χ3n) is 4.47. The average molecular weight is 365 g/mol. The van der Waals surface area contributed by atoms with E-state index in [1.807, 2.05) is 42.5 Å². The van der Waals surface area contributed by atoms with Gasteiger partial charge in [0.1, 0.15) is 6.04 Å². The fourth-order valence-corrected chi connectivity index (χ4v) is 3.22. The van der Waals surface area contributed by atoms with Crippen LogP contribution in [0.5, 0.6) is 17.2 Å². The third kappa shape index (κ3) is 2.84. The molecule has 1 unspecified atom stereocenters. The Balaban J connectivity index is 1.89. The number of benzene rings is 2. The highest BCUT2D eigenvalue weighted by molar-refractivity contribution is 5.77. The zero-order chi connectivity index (χ0) is 18.8. The first-order valence-electron chi connectivity index (χ1n) is 8.37. The van der Waals surface area contributed by atoms with Gasteiger partial charge in [-0.05, 0) is 34.2 Å². The molecule has 0 aliphatic carbocycles. The highest BCUT2D eigenvalue weighted by atomic mass is 16.5. The molecule has 27 heavy (non-hydrogen) atoms. The SMILES string of the molecule is COc1ccc(C2C=C(c3ccccc3)Nc3nnnn32)c(OC)c1OC. The summed E-state index contributed by atoms with van der Waals surface area (Å²) >= 11 is 0. The first kappa shape index (κ1) is 16.9. The molecule has 0 saturated carbocycles. The number of hydrogen-bond donors (Lipinski definition) is 1. The van der Waals surface area contributed by atoms with Crippen LogP contribution in [0.15, 0.2) is 48.5 Å². The van der Waals surface area contributed by atoms with E-state index in [4.69, 9.17) is 14.2 Å². The zero-order valence-electron chi connectivity index (χ0n) is 15.2. The lowest BCUT2D eigenvalue weighted by molar-refractivity contribution is 0.320. The van der Waals surface area contributed by atoms with Crippen LogP contribution in [-0.2, 0) is 0 Å². The summed E-state index contributed by atoms with van der Waals surface area (Å²) in [6.45, 7) is 0. The smallest absolute Gasteiger partial charge is 0.248 e. The Morgan fingerprint density at radius 1 is 0.926 bits per heavy atom. The van der Waals surface area contributed by atoms with Gasteiger partial charge in [-0.1, -0.05) is 35.4 Å². The standard InChI is InChI=1S/C19H19N5O3/c1-25-16-10-9-13(17(26-2)18(16)27-3)15-11-14(12-7-5-4-6-8-12)20-19-21-22-23-24(15)19/h4-11,15H,1-3H3,(H,20,21,23). The maximum absolute atomic E-state index is 5.66. The van der Waals surface area contributed by atoms with E-state index < -0.39 is 0 Å². The number of hydrogen-bond acceptors (Lipinski definition) is 7. The van der Waals surface area contributed by atoms with Crippen LogP contribution in [0.2, 0.25) is 0 Å². The van der Waals surface area contributed by atoms with Crippen LogP contribution in [0.3, 0.4) is 0 Å². The van der Waals surface area contributed by atoms with Crippen LogP contribution >= 0.6 is 0 Å². The maximum Gasteiger partial charge on any atom is 0.248 e.